The first kappa shape index (κ1) is 18.4. The molecule has 0 bridgehead atoms. The Morgan fingerprint density at radius 3 is 2.48 bits per heavy atom. The number of carbonyl (C=O) groups is 1. The van der Waals surface area contributed by atoms with Crippen LogP contribution in [0.3, 0.4) is 0 Å². The molecule has 6 nitrogen and oxygen atoms in total. The van der Waals surface area contributed by atoms with Gasteiger partial charge in [0, 0.05) is 18.8 Å². The summed E-state index contributed by atoms with van der Waals surface area (Å²) >= 11 is 0. The van der Waals surface area contributed by atoms with Gasteiger partial charge in [-0.2, -0.15) is 0 Å². The van der Waals surface area contributed by atoms with E-state index in [4.69, 9.17) is 4.74 Å². The Hall–Kier alpha value is -0.660. The van der Waals surface area contributed by atoms with Crippen molar-refractivity contribution < 1.29 is 23.1 Å². The second-order valence-electron chi connectivity index (χ2n) is 5.66. The zero-order chi connectivity index (χ0) is 15.9. The number of nitrogens with one attached hydrogen (secondary N) is 1. The van der Waals surface area contributed by atoms with Gasteiger partial charge in [0.05, 0.1) is 23.9 Å². The summed E-state index contributed by atoms with van der Waals surface area (Å²) in [5.74, 6) is -0.0715. The molecule has 21 heavy (non-hydrogen) atoms. The predicted octanol–water partition coefficient (Wildman–Crippen LogP) is 0.495. The summed E-state index contributed by atoms with van der Waals surface area (Å²) in [6.45, 7) is 4.50. The van der Waals surface area contributed by atoms with E-state index in [1.807, 2.05) is 0 Å². The van der Waals surface area contributed by atoms with Crippen molar-refractivity contribution in [1.29, 1.82) is 0 Å². The van der Waals surface area contributed by atoms with Gasteiger partial charge in [-0.05, 0) is 32.6 Å². The van der Waals surface area contributed by atoms with Crippen LogP contribution < -0.4 is 5.32 Å². The van der Waals surface area contributed by atoms with Gasteiger partial charge in [-0.1, -0.05) is 6.92 Å². The molecule has 0 aromatic rings. The second kappa shape index (κ2) is 8.10. The second-order valence-corrected chi connectivity index (χ2v) is 8.14. The van der Waals surface area contributed by atoms with Crippen LogP contribution in [0.5, 0.6) is 0 Å². The summed E-state index contributed by atoms with van der Waals surface area (Å²) in [5, 5.41) is 13.4. The zero-order valence-electron chi connectivity index (χ0n) is 12.9. The summed E-state index contributed by atoms with van der Waals surface area (Å²) in [5.41, 5.74) is -0.848. The fraction of sp³-hybridized carbons (Fsp3) is 0.929. The van der Waals surface area contributed by atoms with Crippen molar-refractivity contribution in [3.63, 3.8) is 0 Å². The molecule has 0 heterocycles. The van der Waals surface area contributed by atoms with Crippen LogP contribution in [0.15, 0.2) is 0 Å². The van der Waals surface area contributed by atoms with E-state index >= 15 is 0 Å². The summed E-state index contributed by atoms with van der Waals surface area (Å²) in [6.07, 6.45) is 2.29. The van der Waals surface area contributed by atoms with Gasteiger partial charge < -0.3 is 15.2 Å². The first-order valence-electron chi connectivity index (χ1n) is 7.62. The molecule has 7 heteroatoms. The standard InChI is InChI=1S/C14H27NO5S/c1-3-20-13(16)12-5-7-14(17,8-6-12)11-15-9-10-21(18,19)4-2/h12,15,17H,3-11H2,1-2H3. The van der Waals surface area contributed by atoms with Gasteiger partial charge in [0.1, 0.15) is 0 Å². The minimum Gasteiger partial charge on any atom is -0.466 e. The molecule has 124 valence electrons. The van der Waals surface area contributed by atoms with Gasteiger partial charge in [-0.25, -0.2) is 8.42 Å². The summed E-state index contributed by atoms with van der Waals surface area (Å²) < 4.78 is 27.7. The molecule has 0 atom stereocenters. The normalized spacial score (nSPS) is 26.5. The van der Waals surface area contributed by atoms with Crippen LogP contribution in [-0.2, 0) is 19.4 Å². The number of hydrogen-bond acceptors (Lipinski definition) is 6. The highest BCUT2D eigenvalue weighted by Crippen LogP contribution is 2.32. The number of aliphatic hydroxyl groups is 1. The lowest BCUT2D eigenvalue weighted by Crippen LogP contribution is -2.45. The van der Waals surface area contributed by atoms with Crippen LogP contribution >= 0.6 is 0 Å². The lowest BCUT2D eigenvalue weighted by atomic mass is 9.79. The van der Waals surface area contributed by atoms with E-state index < -0.39 is 15.4 Å². The average molecular weight is 321 g/mol. The van der Waals surface area contributed by atoms with Crippen LogP contribution in [0.4, 0.5) is 0 Å². The van der Waals surface area contributed by atoms with Crippen LogP contribution in [0.25, 0.3) is 0 Å². The minimum atomic E-state index is -2.97. The molecule has 1 aliphatic carbocycles. The van der Waals surface area contributed by atoms with Gasteiger partial charge in [0.25, 0.3) is 0 Å². The molecule has 1 rings (SSSR count). The Morgan fingerprint density at radius 1 is 1.33 bits per heavy atom. The van der Waals surface area contributed by atoms with Crippen LogP contribution in [0.2, 0.25) is 0 Å². The topological polar surface area (TPSA) is 92.7 Å². The number of esters is 1. The zero-order valence-corrected chi connectivity index (χ0v) is 13.7. The Morgan fingerprint density at radius 2 is 1.95 bits per heavy atom. The number of hydrogen-bond donors (Lipinski definition) is 2. The average Bonchev–Trinajstić information content (AvgIpc) is 2.45. The molecule has 2 N–H and O–H groups in total. The van der Waals surface area contributed by atoms with Crippen LogP contribution in [-0.4, -0.2) is 56.3 Å². The van der Waals surface area contributed by atoms with E-state index in [2.05, 4.69) is 5.32 Å². The molecule has 0 aromatic carbocycles. The fourth-order valence-corrected chi connectivity index (χ4v) is 3.26. The molecule has 0 spiro atoms. The van der Waals surface area contributed by atoms with Crippen molar-refractivity contribution in [2.24, 2.45) is 5.92 Å². The lowest BCUT2D eigenvalue weighted by molar-refractivity contribution is -0.151. The molecule has 0 saturated heterocycles. The summed E-state index contributed by atoms with van der Waals surface area (Å²) in [6, 6.07) is 0. The van der Waals surface area contributed by atoms with E-state index in [1.165, 1.54) is 0 Å². The maximum absolute atomic E-state index is 11.6. The number of carbonyl (C=O) groups excluding carboxylic acids is 1. The molecule has 0 aliphatic heterocycles. The highest BCUT2D eigenvalue weighted by molar-refractivity contribution is 7.91. The SMILES string of the molecule is CCOC(=O)C1CCC(O)(CNCCS(=O)(=O)CC)CC1. The molecule has 1 fully saturated rings. The van der Waals surface area contributed by atoms with E-state index in [0.717, 1.165) is 0 Å². The summed E-state index contributed by atoms with van der Waals surface area (Å²) in [4.78, 5) is 11.6. The minimum absolute atomic E-state index is 0.0883. The number of sulfone groups is 1. The highest BCUT2D eigenvalue weighted by Gasteiger charge is 2.36. The monoisotopic (exact) mass is 321 g/mol. The van der Waals surface area contributed by atoms with Gasteiger partial charge in [-0.15, -0.1) is 0 Å². The van der Waals surface area contributed by atoms with Crippen LogP contribution in [0.1, 0.15) is 39.5 Å². The molecular formula is C14H27NO5S. The third kappa shape index (κ3) is 6.32. The van der Waals surface area contributed by atoms with Crippen molar-refractivity contribution in [1.82, 2.24) is 5.32 Å². The van der Waals surface area contributed by atoms with Gasteiger partial charge in [0.15, 0.2) is 9.84 Å². The Bertz CT molecular complexity index is 427. The van der Waals surface area contributed by atoms with Crippen molar-refractivity contribution in [3.05, 3.63) is 0 Å². The number of ether oxygens (including phenoxy) is 1. The molecule has 0 aromatic heterocycles. The van der Waals surface area contributed by atoms with Gasteiger partial charge in [0.2, 0.25) is 0 Å². The fourth-order valence-electron chi connectivity index (χ4n) is 2.52. The molecule has 1 saturated carbocycles. The molecule has 0 radical (unpaired) electrons. The maximum Gasteiger partial charge on any atom is 0.308 e. The Labute approximate surface area is 127 Å². The van der Waals surface area contributed by atoms with Crippen molar-refractivity contribution in [3.8, 4) is 0 Å². The highest BCUT2D eigenvalue weighted by atomic mass is 32.2. The van der Waals surface area contributed by atoms with E-state index in [-0.39, 0.29) is 23.4 Å². The van der Waals surface area contributed by atoms with Gasteiger partial charge >= 0.3 is 5.97 Å². The molecular weight excluding hydrogens is 294 g/mol. The largest absolute Gasteiger partial charge is 0.466 e. The first-order valence-corrected chi connectivity index (χ1v) is 9.44. The van der Waals surface area contributed by atoms with Gasteiger partial charge in [-0.3, -0.25) is 4.79 Å². The van der Waals surface area contributed by atoms with E-state index in [1.54, 1.807) is 13.8 Å². The van der Waals surface area contributed by atoms with Crippen LogP contribution in [0, 0.1) is 5.92 Å². The number of rotatable bonds is 8. The smallest absolute Gasteiger partial charge is 0.308 e. The Balaban J connectivity index is 2.29. The third-order valence-electron chi connectivity index (χ3n) is 4.02. The molecule has 0 amide bonds. The lowest BCUT2D eigenvalue weighted by Gasteiger charge is -2.35. The third-order valence-corrected chi connectivity index (χ3v) is 5.73. The van der Waals surface area contributed by atoms with Crippen molar-refractivity contribution >= 4 is 15.8 Å². The van der Waals surface area contributed by atoms with Crippen molar-refractivity contribution in [2.45, 2.75) is 45.1 Å². The predicted molar refractivity (Wildman–Crippen MR) is 80.7 cm³/mol. The first-order chi connectivity index (χ1) is 9.82. The molecule has 0 unspecified atom stereocenters. The Kier molecular flexibility index (Phi) is 7.09. The van der Waals surface area contributed by atoms with Crippen molar-refractivity contribution in [2.75, 3.05) is 31.2 Å². The van der Waals surface area contributed by atoms with E-state index in [0.29, 0.717) is 45.4 Å². The van der Waals surface area contributed by atoms with E-state index in [9.17, 15) is 18.3 Å². The molecule has 1 aliphatic rings. The maximum atomic E-state index is 11.6. The summed E-state index contributed by atoms with van der Waals surface area (Å²) in [7, 11) is -2.97. The quantitative estimate of drug-likeness (QED) is 0.499.